The zero-order chi connectivity index (χ0) is 14.0. The number of hydrogen-bond acceptors (Lipinski definition) is 3. The summed E-state index contributed by atoms with van der Waals surface area (Å²) in [6.07, 6.45) is 2.33. The number of anilines is 1. The van der Waals surface area contributed by atoms with Gasteiger partial charge in [0.2, 0.25) is 0 Å². The quantitative estimate of drug-likeness (QED) is 0.659. The van der Waals surface area contributed by atoms with Gasteiger partial charge in [0.15, 0.2) is 0 Å². The average Bonchev–Trinajstić information content (AvgIpc) is 2.38. The predicted molar refractivity (Wildman–Crippen MR) is 81.4 cm³/mol. The van der Waals surface area contributed by atoms with Gasteiger partial charge in [-0.05, 0) is 51.2 Å². The second kappa shape index (κ2) is 5.80. The number of halogens is 1. The van der Waals surface area contributed by atoms with Gasteiger partial charge in [0, 0.05) is 24.3 Å². The van der Waals surface area contributed by atoms with Crippen LogP contribution < -0.4 is 10.6 Å². The molecule has 1 aliphatic rings. The van der Waals surface area contributed by atoms with Crippen LogP contribution in [0.5, 0.6) is 0 Å². The fourth-order valence-electron chi connectivity index (χ4n) is 2.53. The molecule has 0 aliphatic carbocycles. The van der Waals surface area contributed by atoms with Crippen molar-refractivity contribution in [2.75, 3.05) is 32.1 Å². The smallest absolute Gasteiger partial charge is 0.124 e. The lowest BCUT2D eigenvalue weighted by atomic mass is 10.0. The van der Waals surface area contributed by atoms with E-state index >= 15 is 0 Å². The van der Waals surface area contributed by atoms with E-state index in [1.54, 1.807) is 0 Å². The lowest BCUT2D eigenvalue weighted by Gasteiger charge is -2.36. The number of piperidine rings is 1. The Hall–Kier alpha value is -1.26. The molecule has 0 saturated carbocycles. The molecule has 0 spiro atoms. The van der Waals surface area contributed by atoms with E-state index < -0.39 is 0 Å². The van der Waals surface area contributed by atoms with Crippen molar-refractivity contribution in [3.63, 3.8) is 0 Å². The van der Waals surface area contributed by atoms with Crippen LogP contribution in [0.1, 0.15) is 18.4 Å². The van der Waals surface area contributed by atoms with Crippen molar-refractivity contribution in [3.05, 3.63) is 28.8 Å². The third-order valence-corrected chi connectivity index (χ3v) is 4.20. The first kappa shape index (κ1) is 14.2. The molecule has 0 aromatic heterocycles. The molecule has 104 valence electrons. The Kier molecular flexibility index (Phi) is 4.32. The van der Waals surface area contributed by atoms with Crippen LogP contribution in [-0.2, 0) is 0 Å². The standard InChI is InChI=1S/C14H21ClN4/c1-18-7-5-10(6-8-18)19(2)11-3-4-12(14(16)17)13(15)9-11/h3-4,9-10H,5-8H2,1-2H3,(H3,16,17). The van der Waals surface area contributed by atoms with E-state index in [-0.39, 0.29) is 5.84 Å². The van der Waals surface area contributed by atoms with E-state index in [4.69, 9.17) is 22.7 Å². The third kappa shape index (κ3) is 3.19. The summed E-state index contributed by atoms with van der Waals surface area (Å²) in [6.45, 7) is 2.27. The first-order valence-corrected chi connectivity index (χ1v) is 6.92. The minimum atomic E-state index is 0.0125. The number of nitrogen functional groups attached to an aromatic ring is 1. The second-order valence-corrected chi connectivity index (χ2v) is 5.63. The van der Waals surface area contributed by atoms with Crippen LogP contribution in [0.25, 0.3) is 0 Å². The van der Waals surface area contributed by atoms with Crippen LogP contribution in [0, 0.1) is 5.41 Å². The molecular formula is C14H21ClN4. The number of nitrogens with two attached hydrogens (primary N) is 1. The van der Waals surface area contributed by atoms with Crippen LogP contribution in [-0.4, -0.2) is 44.0 Å². The molecule has 0 bridgehead atoms. The largest absolute Gasteiger partial charge is 0.384 e. The molecule has 0 radical (unpaired) electrons. The highest BCUT2D eigenvalue weighted by atomic mass is 35.5. The monoisotopic (exact) mass is 280 g/mol. The minimum absolute atomic E-state index is 0.0125. The molecule has 1 aromatic rings. The molecule has 19 heavy (non-hydrogen) atoms. The maximum atomic E-state index is 7.45. The van der Waals surface area contributed by atoms with Crippen LogP contribution in [0.3, 0.4) is 0 Å². The highest BCUT2D eigenvalue weighted by Crippen LogP contribution is 2.26. The Morgan fingerprint density at radius 2 is 2.05 bits per heavy atom. The van der Waals surface area contributed by atoms with Crippen molar-refractivity contribution in [1.29, 1.82) is 5.41 Å². The van der Waals surface area contributed by atoms with Gasteiger partial charge in [0.1, 0.15) is 5.84 Å². The van der Waals surface area contributed by atoms with Gasteiger partial charge in [0.05, 0.1) is 5.02 Å². The maximum Gasteiger partial charge on any atom is 0.124 e. The zero-order valence-corrected chi connectivity index (χ0v) is 12.2. The second-order valence-electron chi connectivity index (χ2n) is 5.22. The molecule has 4 nitrogen and oxygen atoms in total. The van der Waals surface area contributed by atoms with Gasteiger partial charge in [-0.3, -0.25) is 5.41 Å². The van der Waals surface area contributed by atoms with Crippen molar-refractivity contribution < 1.29 is 0 Å². The van der Waals surface area contributed by atoms with E-state index in [9.17, 15) is 0 Å². The molecule has 3 N–H and O–H groups in total. The van der Waals surface area contributed by atoms with Crippen molar-refractivity contribution in [2.24, 2.45) is 5.73 Å². The van der Waals surface area contributed by atoms with Gasteiger partial charge in [-0.15, -0.1) is 0 Å². The third-order valence-electron chi connectivity index (χ3n) is 3.89. The molecule has 1 fully saturated rings. The van der Waals surface area contributed by atoms with Gasteiger partial charge in [0.25, 0.3) is 0 Å². The Morgan fingerprint density at radius 1 is 1.42 bits per heavy atom. The Morgan fingerprint density at radius 3 is 2.58 bits per heavy atom. The summed E-state index contributed by atoms with van der Waals surface area (Å²) in [5.41, 5.74) is 7.17. The zero-order valence-electron chi connectivity index (χ0n) is 11.5. The van der Waals surface area contributed by atoms with Gasteiger partial charge in [-0.1, -0.05) is 11.6 Å². The highest BCUT2D eigenvalue weighted by molar-refractivity contribution is 6.34. The number of benzene rings is 1. The highest BCUT2D eigenvalue weighted by Gasteiger charge is 2.21. The average molecular weight is 281 g/mol. The SMILES string of the molecule is CN1CCC(N(C)c2ccc(C(=N)N)c(Cl)c2)CC1. The minimum Gasteiger partial charge on any atom is -0.384 e. The molecule has 0 amide bonds. The number of likely N-dealkylation sites (tertiary alicyclic amines) is 1. The predicted octanol–water partition coefficient (Wildman–Crippen LogP) is 2.15. The number of nitrogens with zero attached hydrogens (tertiary/aromatic N) is 2. The Balaban J connectivity index is 2.13. The van der Waals surface area contributed by atoms with Gasteiger partial charge in [-0.25, -0.2) is 0 Å². The van der Waals surface area contributed by atoms with E-state index in [2.05, 4.69) is 23.9 Å². The van der Waals surface area contributed by atoms with E-state index in [1.807, 2.05) is 18.2 Å². The molecule has 0 atom stereocenters. The number of nitrogens with one attached hydrogen (secondary N) is 1. The summed E-state index contributed by atoms with van der Waals surface area (Å²) in [5, 5.41) is 7.99. The number of amidine groups is 1. The molecule has 5 heteroatoms. The van der Waals surface area contributed by atoms with Crippen LogP contribution in [0.2, 0.25) is 5.02 Å². The topological polar surface area (TPSA) is 56.4 Å². The molecule has 1 aliphatic heterocycles. The van der Waals surface area contributed by atoms with Crippen LogP contribution >= 0.6 is 11.6 Å². The lowest BCUT2D eigenvalue weighted by Crippen LogP contribution is -2.42. The molecule has 1 saturated heterocycles. The van der Waals surface area contributed by atoms with Crippen LogP contribution in [0.4, 0.5) is 5.69 Å². The summed E-state index contributed by atoms with van der Waals surface area (Å²) in [4.78, 5) is 4.64. The maximum absolute atomic E-state index is 7.45. The lowest BCUT2D eigenvalue weighted by molar-refractivity contribution is 0.253. The van der Waals surface area contributed by atoms with Gasteiger partial charge >= 0.3 is 0 Å². The summed E-state index contributed by atoms with van der Waals surface area (Å²) < 4.78 is 0. The normalized spacial score (nSPS) is 17.4. The van der Waals surface area contributed by atoms with Crippen molar-refractivity contribution in [3.8, 4) is 0 Å². The van der Waals surface area contributed by atoms with E-state index in [1.165, 1.54) is 12.8 Å². The molecular weight excluding hydrogens is 260 g/mol. The summed E-state index contributed by atoms with van der Waals surface area (Å²) in [5.74, 6) is 0.0125. The first-order valence-electron chi connectivity index (χ1n) is 6.54. The fraction of sp³-hybridized carbons (Fsp3) is 0.500. The molecule has 1 aromatic carbocycles. The molecule has 0 unspecified atom stereocenters. The summed E-state index contributed by atoms with van der Waals surface area (Å²) >= 11 is 6.17. The molecule has 2 rings (SSSR count). The van der Waals surface area contributed by atoms with E-state index in [0.29, 0.717) is 16.6 Å². The Bertz CT molecular complexity index is 467. The fourth-order valence-corrected chi connectivity index (χ4v) is 2.81. The summed E-state index contributed by atoms with van der Waals surface area (Å²) in [6, 6.07) is 6.26. The first-order chi connectivity index (χ1) is 8.99. The van der Waals surface area contributed by atoms with Crippen molar-refractivity contribution >= 4 is 23.1 Å². The number of hydrogen-bond donors (Lipinski definition) is 2. The van der Waals surface area contributed by atoms with Crippen molar-refractivity contribution in [2.45, 2.75) is 18.9 Å². The van der Waals surface area contributed by atoms with Gasteiger partial charge in [-0.2, -0.15) is 0 Å². The van der Waals surface area contributed by atoms with Crippen LogP contribution in [0.15, 0.2) is 18.2 Å². The Labute approximate surface area is 119 Å². The van der Waals surface area contributed by atoms with Crippen molar-refractivity contribution in [1.82, 2.24) is 4.90 Å². The molecule has 1 heterocycles. The van der Waals surface area contributed by atoms with E-state index in [0.717, 1.165) is 18.8 Å². The number of rotatable bonds is 3. The summed E-state index contributed by atoms with van der Waals surface area (Å²) in [7, 11) is 4.27. The van der Waals surface area contributed by atoms with Gasteiger partial charge < -0.3 is 15.5 Å².